The summed E-state index contributed by atoms with van der Waals surface area (Å²) in [5.74, 6) is 0. The molecule has 17 heavy (non-hydrogen) atoms. The maximum Gasteiger partial charge on any atom is 0.152 e. The van der Waals surface area contributed by atoms with Gasteiger partial charge in [0.2, 0.25) is 0 Å². The lowest BCUT2D eigenvalue weighted by Crippen LogP contribution is -2.05. The summed E-state index contributed by atoms with van der Waals surface area (Å²) in [7, 11) is 0. The summed E-state index contributed by atoms with van der Waals surface area (Å²) in [6.07, 6.45) is 2.65. The Morgan fingerprint density at radius 3 is 2.76 bits per heavy atom. The molecule has 0 bridgehead atoms. The van der Waals surface area contributed by atoms with Crippen molar-refractivity contribution in [3.05, 3.63) is 57.8 Å². The van der Waals surface area contributed by atoms with E-state index in [4.69, 9.17) is 11.6 Å². The van der Waals surface area contributed by atoms with Crippen molar-refractivity contribution in [1.82, 2.24) is 4.98 Å². The zero-order valence-electron chi connectivity index (χ0n) is 9.16. The number of nitrogens with one attached hydrogen (secondary N) is 1. The van der Waals surface area contributed by atoms with Crippen LogP contribution < -0.4 is 5.32 Å². The van der Waals surface area contributed by atoms with Crippen LogP contribution in [-0.4, -0.2) is 11.5 Å². The molecule has 0 unspecified atom stereocenters. The van der Waals surface area contributed by atoms with Gasteiger partial charge >= 0.3 is 0 Å². The van der Waals surface area contributed by atoms with Crippen LogP contribution in [0.4, 0.5) is 5.69 Å². The van der Waals surface area contributed by atoms with E-state index in [1.807, 2.05) is 24.3 Å². The standard InChI is InChI=1S/C13H12BrClN2/c14-11-8-12(13(15)17-9-11)16-7-6-10-4-2-1-3-5-10/h1-5,8-9,16H,6-7H2. The van der Waals surface area contributed by atoms with Gasteiger partial charge < -0.3 is 5.32 Å². The lowest BCUT2D eigenvalue weighted by atomic mass is 10.1. The van der Waals surface area contributed by atoms with Crippen LogP contribution in [0.5, 0.6) is 0 Å². The van der Waals surface area contributed by atoms with Gasteiger partial charge in [-0.15, -0.1) is 0 Å². The number of rotatable bonds is 4. The molecule has 0 aliphatic heterocycles. The number of pyridine rings is 1. The lowest BCUT2D eigenvalue weighted by Gasteiger charge is -2.08. The second-order valence-electron chi connectivity index (χ2n) is 3.65. The number of benzene rings is 1. The monoisotopic (exact) mass is 310 g/mol. The third kappa shape index (κ3) is 3.72. The smallest absolute Gasteiger partial charge is 0.152 e. The maximum absolute atomic E-state index is 5.98. The van der Waals surface area contributed by atoms with E-state index in [2.05, 4.69) is 38.4 Å². The molecule has 1 heterocycles. The van der Waals surface area contributed by atoms with E-state index < -0.39 is 0 Å². The van der Waals surface area contributed by atoms with Gasteiger partial charge in [-0.3, -0.25) is 0 Å². The van der Waals surface area contributed by atoms with Crippen LogP contribution in [0.1, 0.15) is 5.56 Å². The van der Waals surface area contributed by atoms with Gasteiger partial charge in [0, 0.05) is 17.2 Å². The Morgan fingerprint density at radius 1 is 1.24 bits per heavy atom. The maximum atomic E-state index is 5.98. The average molecular weight is 312 g/mol. The van der Waals surface area contributed by atoms with Crippen LogP contribution in [0.25, 0.3) is 0 Å². The fraction of sp³-hybridized carbons (Fsp3) is 0.154. The zero-order valence-corrected chi connectivity index (χ0v) is 11.5. The molecule has 88 valence electrons. The summed E-state index contributed by atoms with van der Waals surface area (Å²) in [6.45, 7) is 0.835. The largest absolute Gasteiger partial charge is 0.382 e. The predicted molar refractivity (Wildman–Crippen MR) is 75.6 cm³/mol. The molecular formula is C13H12BrClN2. The van der Waals surface area contributed by atoms with Gasteiger partial charge in [0.15, 0.2) is 5.15 Å². The first kappa shape index (κ1) is 12.4. The molecule has 1 aromatic heterocycles. The number of nitrogens with zero attached hydrogens (tertiary/aromatic N) is 1. The SMILES string of the molecule is Clc1ncc(Br)cc1NCCc1ccccc1. The van der Waals surface area contributed by atoms with Gasteiger partial charge in [0.25, 0.3) is 0 Å². The molecule has 0 fully saturated rings. The minimum absolute atomic E-state index is 0.501. The minimum Gasteiger partial charge on any atom is -0.382 e. The Morgan fingerprint density at radius 2 is 2.00 bits per heavy atom. The third-order valence-electron chi connectivity index (χ3n) is 2.38. The molecule has 2 nitrogen and oxygen atoms in total. The third-order valence-corrected chi connectivity index (χ3v) is 3.11. The molecule has 0 saturated heterocycles. The highest BCUT2D eigenvalue weighted by atomic mass is 79.9. The lowest BCUT2D eigenvalue weighted by molar-refractivity contribution is 1.02. The van der Waals surface area contributed by atoms with Crippen LogP contribution >= 0.6 is 27.5 Å². The summed E-state index contributed by atoms with van der Waals surface area (Å²) < 4.78 is 0.920. The Labute approximate surface area is 114 Å². The number of anilines is 1. The summed E-state index contributed by atoms with van der Waals surface area (Å²) >= 11 is 9.36. The van der Waals surface area contributed by atoms with Crippen LogP contribution in [0.15, 0.2) is 47.1 Å². The van der Waals surface area contributed by atoms with Crippen molar-refractivity contribution in [2.75, 3.05) is 11.9 Å². The Hall–Kier alpha value is -1.06. The molecule has 0 aliphatic rings. The Bertz CT molecular complexity index is 488. The molecule has 2 aromatic rings. The molecule has 0 spiro atoms. The van der Waals surface area contributed by atoms with E-state index in [1.165, 1.54) is 5.56 Å². The normalized spacial score (nSPS) is 10.2. The van der Waals surface area contributed by atoms with Crippen LogP contribution in [-0.2, 0) is 6.42 Å². The highest BCUT2D eigenvalue weighted by molar-refractivity contribution is 9.10. The van der Waals surface area contributed by atoms with Crippen LogP contribution in [0.3, 0.4) is 0 Å². The van der Waals surface area contributed by atoms with Crippen molar-refractivity contribution in [3.8, 4) is 0 Å². The number of hydrogen-bond donors (Lipinski definition) is 1. The Balaban J connectivity index is 1.92. The van der Waals surface area contributed by atoms with E-state index in [-0.39, 0.29) is 0 Å². The summed E-state index contributed by atoms with van der Waals surface area (Å²) in [4.78, 5) is 4.06. The first-order valence-corrected chi connectivity index (χ1v) is 6.51. The van der Waals surface area contributed by atoms with Crippen molar-refractivity contribution in [2.45, 2.75) is 6.42 Å². The summed E-state index contributed by atoms with van der Waals surface area (Å²) in [5.41, 5.74) is 2.16. The molecule has 2 rings (SSSR count). The topological polar surface area (TPSA) is 24.9 Å². The van der Waals surface area contributed by atoms with Crippen LogP contribution in [0, 0.1) is 0 Å². The number of hydrogen-bond acceptors (Lipinski definition) is 2. The quantitative estimate of drug-likeness (QED) is 0.858. The van der Waals surface area contributed by atoms with E-state index in [9.17, 15) is 0 Å². The summed E-state index contributed by atoms with van der Waals surface area (Å²) in [6, 6.07) is 12.3. The molecular weight excluding hydrogens is 300 g/mol. The molecule has 0 aliphatic carbocycles. The number of halogens is 2. The fourth-order valence-corrected chi connectivity index (χ4v) is 2.03. The van der Waals surface area contributed by atoms with Gasteiger partial charge in [-0.1, -0.05) is 41.9 Å². The Kier molecular flexibility index (Phi) is 4.40. The highest BCUT2D eigenvalue weighted by Crippen LogP contribution is 2.22. The molecule has 0 atom stereocenters. The van der Waals surface area contributed by atoms with Gasteiger partial charge in [-0.05, 0) is 34.0 Å². The zero-order chi connectivity index (χ0) is 12.1. The summed E-state index contributed by atoms with van der Waals surface area (Å²) in [5, 5.41) is 3.78. The van der Waals surface area contributed by atoms with Crippen LogP contribution in [0.2, 0.25) is 5.15 Å². The fourth-order valence-electron chi connectivity index (χ4n) is 1.53. The van der Waals surface area contributed by atoms with E-state index >= 15 is 0 Å². The van der Waals surface area contributed by atoms with E-state index in [0.717, 1.165) is 23.1 Å². The van der Waals surface area contributed by atoms with Crippen molar-refractivity contribution in [1.29, 1.82) is 0 Å². The van der Waals surface area contributed by atoms with Gasteiger partial charge in [-0.25, -0.2) is 4.98 Å². The minimum atomic E-state index is 0.501. The molecule has 0 saturated carbocycles. The van der Waals surface area contributed by atoms with Crippen molar-refractivity contribution in [3.63, 3.8) is 0 Å². The van der Waals surface area contributed by atoms with Gasteiger partial charge in [-0.2, -0.15) is 0 Å². The van der Waals surface area contributed by atoms with Crippen molar-refractivity contribution >= 4 is 33.2 Å². The molecule has 1 N–H and O–H groups in total. The second-order valence-corrected chi connectivity index (χ2v) is 4.93. The van der Waals surface area contributed by atoms with Crippen molar-refractivity contribution in [2.24, 2.45) is 0 Å². The van der Waals surface area contributed by atoms with Crippen molar-refractivity contribution < 1.29 is 0 Å². The highest BCUT2D eigenvalue weighted by Gasteiger charge is 2.01. The van der Waals surface area contributed by atoms with Gasteiger partial charge in [0.05, 0.1) is 5.69 Å². The van der Waals surface area contributed by atoms with Gasteiger partial charge in [0.1, 0.15) is 0 Å². The predicted octanol–water partition coefficient (Wildman–Crippen LogP) is 4.15. The van der Waals surface area contributed by atoms with E-state index in [0.29, 0.717) is 5.15 Å². The second kappa shape index (κ2) is 6.03. The molecule has 1 aromatic carbocycles. The first-order valence-electron chi connectivity index (χ1n) is 5.34. The first-order chi connectivity index (χ1) is 8.25. The molecule has 4 heteroatoms. The molecule has 0 amide bonds. The number of aromatic nitrogens is 1. The average Bonchev–Trinajstić information content (AvgIpc) is 2.35. The van der Waals surface area contributed by atoms with E-state index in [1.54, 1.807) is 6.20 Å². The molecule has 0 radical (unpaired) electrons.